The van der Waals surface area contributed by atoms with Crippen molar-refractivity contribution in [2.45, 2.75) is 12.7 Å². The van der Waals surface area contributed by atoms with E-state index in [1.165, 1.54) is 23.7 Å². The molecular formula is C16H12ClF4N5O. The Hall–Kier alpha value is -2.88. The van der Waals surface area contributed by atoms with Crippen molar-refractivity contribution in [2.75, 3.05) is 5.32 Å². The molecule has 0 saturated carbocycles. The molecule has 1 aromatic carbocycles. The van der Waals surface area contributed by atoms with Gasteiger partial charge in [0, 0.05) is 30.9 Å². The Bertz CT molecular complexity index is 989. The molecule has 0 aliphatic carbocycles. The normalized spacial score (nSPS) is 11.6. The van der Waals surface area contributed by atoms with Crippen molar-refractivity contribution in [3.8, 4) is 17.1 Å². The van der Waals surface area contributed by atoms with Gasteiger partial charge in [0.2, 0.25) is 5.28 Å². The maximum atomic E-state index is 14.4. The van der Waals surface area contributed by atoms with Gasteiger partial charge in [0.15, 0.2) is 17.3 Å². The molecule has 0 fully saturated rings. The van der Waals surface area contributed by atoms with E-state index in [1.54, 1.807) is 0 Å². The molecule has 0 atom stereocenters. The first-order valence-electron chi connectivity index (χ1n) is 7.50. The number of aromatic hydroxyl groups is 1. The Morgan fingerprint density at radius 2 is 2.00 bits per heavy atom. The standard InChI is InChI=1S/C16H12ClF4N5O/c1-26-7-12(16(19,20)21)24-14(26)8-2-3-9(10(18)4-8)5-22-13-11(27)6-23-15(17)25-13/h2-4,6-7,27H,5H2,1H3,(H,22,23,25). The van der Waals surface area contributed by atoms with Crippen LogP contribution in [0.2, 0.25) is 5.28 Å². The molecule has 0 saturated heterocycles. The number of rotatable bonds is 4. The van der Waals surface area contributed by atoms with Crippen LogP contribution in [-0.2, 0) is 19.8 Å². The lowest BCUT2D eigenvalue weighted by Gasteiger charge is -2.09. The number of hydrogen-bond acceptors (Lipinski definition) is 5. The van der Waals surface area contributed by atoms with Gasteiger partial charge in [-0.15, -0.1) is 0 Å². The van der Waals surface area contributed by atoms with Crippen molar-refractivity contribution < 1.29 is 22.7 Å². The van der Waals surface area contributed by atoms with Gasteiger partial charge in [-0.2, -0.15) is 18.2 Å². The second-order valence-corrected chi connectivity index (χ2v) is 5.93. The molecular weight excluding hydrogens is 390 g/mol. The highest BCUT2D eigenvalue weighted by molar-refractivity contribution is 6.28. The number of imidazole rings is 1. The molecule has 27 heavy (non-hydrogen) atoms. The molecule has 142 valence electrons. The number of anilines is 1. The molecule has 0 radical (unpaired) electrons. The van der Waals surface area contributed by atoms with E-state index >= 15 is 0 Å². The van der Waals surface area contributed by atoms with E-state index in [-0.39, 0.29) is 40.3 Å². The van der Waals surface area contributed by atoms with Crippen LogP contribution < -0.4 is 5.32 Å². The number of hydrogen-bond donors (Lipinski definition) is 2. The largest absolute Gasteiger partial charge is 0.503 e. The van der Waals surface area contributed by atoms with Crippen LogP contribution in [0.3, 0.4) is 0 Å². The number of alkyl halides is 3. The summed E-state index contributed by atoms with van der Waals surface area (Å²) < 4.78 is 53.8. The number of aryl methyl sites for hydroxylation is 1. The average Bonchev–Trinajstić information content (AvgIpc) is 2.98. The molecule has 3 aromatic rings. The molecule has 3 rings (SSSR count). The third-order valence-electron chi connectivity index (χ3n) is 3.66. The van der Waals surface area contributed by atoms with Gasteiger partial charge in [-0.3, -0.25) is 0 Å². The number of halogens is 5. The van der Waals surface area contributed by atoms with Gasteiger partial charge in [0.05, 0.1) is 6.20 Å². The maximum Gasteiger partial charge on any atom is 0.434 e. The van der Waals surface area contributed by atoms with Crippen molar-refractivity contribution >= 4 is 17.4 Å². The summed E-state index contributed by atoms with van der Waals surface area (Å²) >= 11 is 5.63. The van der Waals surface area contributed by atoms with Crippen LogP contribution in [0.1, 0.15) is 11.3 Å². The quantitative estimate of drug-likeness (QED) is 0.510. The highest BCUT2D eigenvalue weighted by atomic mass is 35.5. The highest BCUT2D eigenvalue weighted by Gasteiger charge is 2.34. The molecule has 0 aliphatic rings. The first-order valence-corrected chi connectivity index (χ1v) is 7.87. The van der Waals surface area contributed by atoms with Gasteiger partial charge >= 0.3 is 6.18 Å². The highest BCUT2D eigenvalue weighted by Crippen LogP contribution is 2.31. The maximum absolute atomic E-state index is 14.4. The Labute approximate surface area is 155 Å². The molecule has 0 spiro atoms. The number of nitrogens with one attached hydrogen (secondary N) is 1. The lowest BCUT2D eigenvalue weighted by molar-refractivity contribution is -0.140. The second-order valence-electron chi connectivity index (χ2n) is 5.59. The van der Waals surface area contributed by atoms with Crippen LogP contribution in [-0.4, -0.2) is 24.6 Å². The topological polar surface area (TPSA) is 75.9 Å². The summed E-state index contributed by atoms with van der Waals surface area (Å²) in [4.78, 5) is 10.9. The Morgan fingerprint density at radius 1 is 1.26 bits per heavy atom. The van der Waals surface area contributed by atoms with Gasteiger partial charge in [0.1, 0.15) is 11.6 Å². The van der Waals surface area contributed by atoms with Crippen LogP contribution in [0.15, 0.2) is 30.6 Å². The Kier molecular flexibility index (Phi) is 4.92. The molecule has 2 heterocycles. The molecule has 0 unspecified atom stereocenters. The molecule has 11 heteroatoms. The van der Waals surface area contributed by atoms with Crippen molar-refractivity contribution in [2.24, 2.45) is 7.05 Å². The van der Waals surface area contributed by atoms with Crippen LogP contribution in [0, 0.1) is 5.82 Å². The number of aromatic nitrogens is 4. The van der Waals surface area contributed by atoms with E-state index < -0.39 is 17.7 Å². The summed E-state index contributed by atoms with van der Waals surface area (Å²) in [5, 5.41) is 12.2. The zero-order valence-electron chi connectivity index (χ0n) is 13.7. The zero-order valence-corrected chi connectivity index (χ0v) is 14.5. The summed E-state index contributed by atoms with van der Waals surface area (Å²) in [6, 6.07) is 3.95. The molecule has 6 nitrogen and oxygen atoms in total. The molecule has 0 amide bonds. The van der Waals surface area contributed by atoms with E-state index in [0.717, 1.165) is 18.5 Å². The lowest BCUT2D eigenvalue weighted by atomic mass is 10.1. The predicted molar refractivity (Wildman–Crippen MR) is 89.6 cm³/mol. The van der Waals surface area contributed by atoms with E-state index in [4.69, 9.17) is 11.6 Å². The zero-order chi connectivity index (χ0) is 19.8. The van der Waals surface area contributed by atoms with Crippen molar-refractivity contribution in [1.29, 1.82) is 0 Å². The minimum atomic E-state index is -4.58. The van der Waals surface area contributed by atoms with Crippen molar-refractivity contribution in [3.05, 3.63) is 53.0 Å². The van der Waals surface area contributed by atoms with Gasteiger partial charge in [0.25, 0.3) is 0 Å². The van der Waals surface area contributed by atoms with Gasteiger partial charge < -0.3 is 15.0 Å². The van der Waals surface area contributed by atoms with E-state index in [9.17, 15) is 22.7 Å². The number of benzene rings is 1. The molecule has 2 aromatic heterocycles. The smallest absolute Gasteiger partial charge is 0.434 e. The first kappa shape index (κ1) is 18.9. The fraction of sp³-hybridized carbons (Fsp3) is 0.188. The first-order chi connectivity index (χ1) is 12.6. The fourth-order valence-corrected chi connectivity index (χ4v) is 2.50. The van der Waals surface area contributed by atoms with Gasteiger partial charge in [-0.25, -0.2) is 14.4 Å². The molecule has 0 aliphatic heterocycles. The minimum Gasteiger partial charge on any atom is -0.503 e. The van der Waals surface area contributed by atoms with Crippen LogP contribution >= 0.6 is 11.6 Å². The summed E-state index contributed by atoms with van der Waals surface area (Å²) in [5.74, 6) is -0.904. The Balaban J connectivity index is 1.82. The van der Waals surface area contributed by atoms with Crippen LogP contribution in [0.25, 0.3) is 11.4 Å². The summed E-state index contributed by atoms with van der Waals surface area (Å²) in [6.07, 6.45) is -2.65. The third-order valence-corrected chi connectivity index (χ3v) is 3.85. The monoisotopic (exact) mass is 401 g/mol. The van der Waals surface area contributed by atoms with E-state index in [1.807, 2.05) is 0 Å². The number of nitrogens with zero attached hydrogens (tertiary/aromatic N) is 4. The molecule has 0 bridgehead atoms. The van der Waals surface area contributed by atoms with Crippen molar-refractivity contribution in [1.82, 2.24) is 19.5 Å². The average molecular weight is 402 g/mol. The fourth-order valence-electron chi connectivity index (χ4n) is 2.36. The van der Waals surface area contributed by atoms with Gasteiger partial charge in [-0.1, -0.05) is 12.1 Å². The van der Waals surface area contributed by atoms with Crippen molar-refractivity contribution in [3.63, 3.8) is 0 Å². The van der Waals surface area contributed by atoms with Crippen LogP contribution in [0.5, 0.6) is 5.75 Å². The summed E-state index contributed by atoms with van der Waals surface area (Å²) in [6.45, 7) is -0.0403. The lowest BCUT2D eigenvalue weighted by Crippen LogP contribution is -2.05. The third kappa shape index (κ3) is 4.11. The van der Waals surface area contributed by atoms with Gasteiger partial charge in [-0.05, 0) is 17.7 Å². The Morgan fingerprint density at radius 3 is 2.63 bits per heavy atom. The second kappa shape index (κ2) is 7.03. The minimum absolute atomic E-state index is 0.0130. The molecule has 2 N–H and O–H groups in total. The predicted octanol–water partition coefficient (Wildman–Crippen LogP) is 4.01. The summed E-state index contributed by atoms with van der Waals surface area (Å²) in [7, 11) is 1.40. The SMILES string of the molecule is Cn1cc(C(F)(F)F)nc1-c1ccc(CNc2nc(Cl)ncc2O)c(F)c1. The van der Waals surface area contributed by atoms with E-state index in [2.05, 4.69) is 20.3 Å². The van der Waals surface area contributed by atoms with Crippen LogP contribution in [0.4, 0.5) is 23.4 Å². The summed E-state index contributed by atoms with van der Waals surface area (Å²) in [5.41, 5.74) is -0.650. The van der Waals surface area contributed by atoms with E-state index in [0.29, 0.717) is 0 Å².